The monoisotopic (exact) mass is 325 g/mol. The van der Waals surface area contributed by atoms with Gasteiger partial charge in [-0.2, -0.15) is 5.26 Å². The Morgan fingerprint density at radius 1 is 1.29 bits per heavy atom. The molecule has 0 atom stereocenters. The highest BCUT2D eigenvalue weighted by Crippen LogP contribution is 2.22. The standard InChI is InChI=1S/C17H19N5O2/c1-23-15-3-2-13(19-12-15)10-20-16-8-14(11-21-17(16)9-18)22-4-6-24-7-5-22/h2-3,8,11-12,20H,4-7,10H2,1H3. The first kappa shape index (κ1) is 16.0. The zero-order valence-electron chi connectivity index (χ0n) is 13.5. The third kappa shape index (κ3) is 3.73. The molecule has 0 saturated carbocycles. The van der Waals surface area contributed by atoms with Gasteiger partial charge in [0.05, 0.1) is 56.3 Å². The second kappa shape index (κ2) is 7.62. The Kier molecular flexibility index (Phi) is 5.08. The summed E-state index contributed by atoms with van der Waals surface area (Å²) >= 11 is 0. The molecular weight excluding hydrogens is 306 g/mol. The van der Waals surface area contributed by atoms with Crippen molar-refractivity contribution in [3.8, 4) is 11.8 Å². The Morgan fingerprint density at radius 2 is 2.12 bits per heavy atom. The summed E-state index contributed by atoms with van der Waals surface area (Å²) in [4.78, 5) is 10.8. The van der Waals surface area contributed by atoms with Crippen molar-refractivity contribution in [2.24, 2.45) is 0 Å². The van der Waals surface area contributed by atoms with Crippen molar-refractivity contribution >= 4 is 11.4 Å². The zero-order chi connectivity index (χ0) is 16.8. The Bertz CT molecular complexity index is 721. The maximum Gasteiger partial charge on any atom is 0.163 e. The summed E-state index contributed by atoms with van der Waals surface area (Å²) in [6.07, 6.45) is 3.41. The minimum atomic E-state index is 0.375. The molecule has 1 saturated heterocycles. The molecule has 3 rings (SSSR count). The van der Waals surface area contributed by atoms with Crippen LogP contribution in [0.5, 0.6) is 5.75 Å². The molecule has 0 radical (unpaired) electrons. The van der Waals surface area contributed by atoms with Gasteiger partial charge in [0.1, 0.15) is 11.8 Å². The summed E-state index contributed by atoms with van der Waals surface area (Å²) in [6, 6.07) is 7.83. The number of pyridine rings is 2. The van der Waals surface area contributed by atoms with E-state index in [0.29, 0.717) is 36.9 Å². The van der Waals surface area contributed by atoms with E-state index in [4.69, 9.17) is 9.47 Å². The Balaban J connectivity index is 1.73. The molecule has 2 aromatic rings. The lowest BCUT2D eigenvalue weighted by molar-refractivity contribution is 0.122. The number of hydrogen-bond donors (Lipinski definition) is 1. The third-order valence-electron chi connectivity index (χ3n) is 3.85. The molecular formula is C17H19N5O2. The number of ether oxygens (including phenoxy) is 2. The van der Waals surface area contributed by atoms with Crippen LogP contribution in [-0.4, -0.2) is 43.4 Å². The van der Waals surface area contributed by atoms with Crippen LogP contribution in [-0.2, 0) is 11.3 Å². The van der Waals surface area contributed by atoms with Crippen molar-refractivity contribution in [1.82, 2.24) is 9.97 Å². The summed E-state index contributed by atoms with van der Waals surface area (Å²) in [5, 5.41) is 12.5. The molecule has 7 nitrogen and oxygen atoms in total. The van der Waals surface area contributed by atoms with Gasteiger partial charge in [-0.05, 0) is 18.2 Å². The molecule has 0 amide bonds. The van der Waals surface area contributed by atoms with Gasteiger partial charge in [0.25, 0.3) is 0 Å². The van der Waals surface area contributed by atoms with Crippen LogP contribution in [0.1, 0.15) is 11.4 Å². The van der Waals surface area contributed by atoms with Crippen molar-refractivity contribution in [3.63, 3.8) is 0 Å². The number of hydrogen-bond acceptors (Lipinski definition) is 7. The van der Waals surface area contributed by atoms with Crippen LogP contribution in [0.3, 0.4) is 0 Å². The number of anilines is 2. The summed E-state index contributed by atoms with van der Waals surface area (Å²) in [6.45, 7) is 3.57. The fraction of sp³-hybridized carbons (Fsp3) is 0.353. The Morgan fingerprint density at radius 3 is 2.79 bits per heavy atom. The van der Waals surface area contributed by atoms with Crippen LogP contribution in [0, 0.1) is 11.3 Å². The predicted molar refractivity (Wildman–Crippen MR) is 90.1 cm³/mol. The van der Waals surface area contributed by atoms with E-state index in [0.717, 1.165) is 24.5 Å². The largest absolute Gasteiger partial charge is 0.495 e. The quantitative estimate of drug-likeness (QED) is 0.897. The van der Waals surface area contributed by atoms with Crippen LogP contribution < -0.4 is 15.0 Å². The average molecular weight is 325 g/mol. The smallest absolute Gasteiger partial charge is 0.163 e. The molecule has 24 heavy (non-hydrogen) atoms. The first-order chi connectivity index (χ1) is 11.8. The zero-order valence-corrected chi connectivity index (χ0v) is 13.5. The van der Waals surface area contributed by atoms with Gasteiger partial charge in [-0.25, -0.2) is 4.98 Å². The highest BCUT2D eigenvalue weighted by Gasteiger charge is 2.14. The van der Waals surface area contributed by atoms with Gasteiger partial charge >= 0.3 is 0 Å². The molecule has 1 N–H and O–H groups in total. The topological polar surface area (TPSA) is 83.3 Å². The second-order valence-corrected chi connectivity index (χ2v) is 5.34. The van der Waals surface area contributed by atoms with E-state index in [1.54, 1.807) is 19.5 Å². The summed E-state index contributed by atoms with van der Waals surface area (Å²) in [7, 11) is 1.61. The molecule has 0 bridgehead atoms. The highest BCUT2D eigenvalue weighted by atomic mass is 16.5. The van der Waals surface area contributed by atoms with E-state index < -0.39 is 0 Å². The maximum atomic E-state index is 9.27. The minimum absolute atomic E-state index is 0.375. The minimum Gasteiger partial charge on any atom is -0.495 e. The lowest BCUT2D eigenvalue weighted by atomic mass is 10.2. The molecule has 0 spiro atoms. The summed E-state index contributed by atoms with van der Waals surface area (Å²) in [5.74, 6) is 0.715. The first-order valence-corrected chi connectivity index (χ1v) is 7.76. The van der Waals surface area contributed by atoms with Gasteiger partial charge in [-0.1, -0.05) is 0 Å². The molecule has 0 aromatic carbocycles. The van der Waals surface area contributed by atoms with Gasteiger partial charge in [-0.15, -0.1) is 0 Å². The third-order valence-corrected chi connectivity index (χ3v) is 3.85. The van der Waals surface area contributed by atoms with E-state index in [2.05, 4.69) is 26.3 Å². The van der Waals surface area contributed by atoms with Crippen molar-refractivity contribution in [3.05, 3.63) is 42.0 Å². The number of aromatic nitrogens is 2. The Hall–Kier alpha value is -2.85. The lowest BCUT2D eigenvalue weighted by Gasteiger charge is -2.29. The molecule has 2 aromatic heterocycles. The molecule has 7 heteroatoms. The van der Waals surface area contributed by atoms with Crippen molar-refractivity contribution in [2.75, 3.05) is 43.6 Å². The van der Waals surface area contributed by atoms with Gasteiger partial charge in [0.15, 0.2) is 5.69 Å². The van der Waals surface area contributed by atoms with Crippen LogP contribution in [0.25, 0.3) is 0 Å². The Labute approximate surface area is 140 Å². The number of nitrogens with zero attached hydrogens (tertiary/aromatic N) is 4. The number of nitrogens with one attached hydrogen (secondary N) is 1. The number of rotatable bonds is 5. The van der Waals surface area contributed by atoms with Crippen molar-refractivity contribution < 1.29 is 9.47 Å². The number of morpholine rings is 1. The molecule has 0 aliphatic carbocycles. The first-order valence-electron chi connectivity index (χ1n) is 7.76. The van der Waals surface area contributed by atoms with Crippen LogP contribution in [0.4, 0.5) is 11.4 Å². The highest BCUT2D eigenvalue weighted by molar-refractivity contribution is 5.62. The average Bonchev–Trinajstić information content (AvgIpc) is 2.67. The molecule has 1 fully saturated rings. The summed E-state index contributed by atoms with van der Waals surface area (Å²) in [5.41, 5.74) is 2.93. The lowest BCUT2D eigenvalue weighted by Crippen LogP contribution is -2.36. The normalized spacial score (nSPS) is 14.1. The van der Waals surface area contributed by atoms with Crippen LogP contribution in [0.15, 0.2) is 30.6 Å². The van der Waals surface area contributed by atoms with Gasteiger partial charge in [0.2, 0.25) is 0 Å². The van der Waals surface area contributed by atoms with Gasteiger partial charge < -0.3 is 19.7 Å². The van der Waals surface area contributed by atoms with Crippen molar-refractivity contribution in [1.29, 1.82) is 5.26 Å². The fourth-order valence-corrected chi connectivity index (χ4v) is 2.49. The fourth-order valence-electron chi connectivity index (χ4n) is 2.49. The molecule has 1 aliphatic heterocycles. The van der Waals surface area contributed by atoms with E-state index in [1.165, 1.54) is 0 Å². The molecule has 124 valence electrons. The molecule has 3 heterocycles. The van der Waals surface area contributed by atoms with E-state index >= 15 is 0 Å². The van der Waals surface area contributed by atoms with E-state index in [-0.39, 0.29) is 0 Å². The van der Waals surface area contributed by atoms with Crippen LogP contribution >= 0.6 is 0 Å². The van der Waals surface area contributed by atoms with E-state index in [9.17, 15) is 5.26 Å². The van der Waals surface area contributed by atoms with Gasteiger partial charge in [-0.3, -0.25) is 4.98 Å². The van der Waals surface area contributed by atoms with Crippen LogP contribution in [0.2, 0.25) is 0 Å². The van der Waals surface area contributed by atoms with Gasteiger partial charge in [0, 0.05) is 13.1 Å². The summed E-state index contributed by atoms with van der Waals surface area (Å²) < 4.78 is 10.5. The maximum absolute atomic E-state index is 9.27. The number of methoxy groups -OCH3 is 1. The molecule has 0 unspecified atom stereocenters. The SMILES string of the molecule is COc1ccc(CNc2cc(N3CCOCC3)cnc2C#N)nc1. The number of nitriles is 1. The predicted octanol–water partition coefficient (Wildman–Crippen LogP) is 1.81. The second-order valence-electron chi connectivity index (χ2n) is 5.34. The van der Waals surface area contributed by atoms with E-state index in [1.807, 2.05) is 18.2 Å². The molecule has 1 aliphatic rings. The van der Waals surface area contributed by atoms with Crippen molar-refractivity contribution in [2.45, 2.75) is 6.54 Å².